The van der Waals surface area contributed by atoms with Gasteiger partial charge in [-0.3, -0.25) is 19.4 Å². The molecule has 0 aromatic heterocycles. The van der Waals surface area contributed by atoms with E-state index in [2.05, 4.69) is 17.0 Å². The number of phenolic OH excluding ortho intramolecular Hbond substituents is 1. The van der Waals surface area contributed by atoms with Crippen LogP contribution in [0.3, 0.4) is 0 Å². The van der Waals surface area contributed by atoms with Gasteiger partial charge in [-0.15, -0.1) is 0 Å². The van der Waals surface area contributed by atoms with E-state index in [-0.39, 0.29) is 36.1 Å². The van der Waals surface area contributed by atoms with Crippen LogP contribution >= 0.6 is 0 Å². The molecule has 0 spiro atoms. The van der Waals surface area contributed by atoms with Gasteiger partial charge in [0.2, 0.25) is 11.8 Å². The summed E-state index contributed by atoms with van der Waals surface area (Å²) in [5.74, 6) is -0.859. The Bertz CT molecular complexity index is 1540. The molecule has 9 heteroatoms. The summed E-state index contributed by atoms with van der Waals surface area (Å²) < 4.78 is 12.2. The zero-order valence-electron chi connectivity index (χ0n) is 24.6. The maximum absolute atomic E-state index is 14.2. The van der Waals surface area contributed by atoms with E-state index in [0.29, 0.717) is 24.1 Å². The molecule has 3 aromatic carbocycles. The summed E-state index contributed by atoms with van der Waals surface area (Å²) in [6.45, 7) is 2.70. The first kappa shape index (κ1) is 28.8. The molecule has 1 aliphatic carbocycles. The first-order valence-corrected chi connectivity index (χ1v) is 15.6. The number of para-hydroxylation sites is 1. The third-order valence-corrected chi connectivity index (χ3v) is 9.81. The number of amides is 2. The van der Waals surface area contributed by atoms with Crippen molar-refractivity contribution in [1.29, 1.82) is 0 Å². The summed E-state index contributed by atoms with van der Waals surface area (Å²) in [5.41, 5.74) is 3.47. The van der Waals surface area contributed by atoms with Crippen molar-refractivity contribution in [2.24, 2.45) is 17.8 Å². The predicted molar refractivity (Wildman–Crippen MR) is 165 cm³/mol. The number of ether oxygens (including phenoxy) is 1. The second kappa shape index (κ2) is 12.2. The maximum Gasteiger partial charge on any atom is 0.487 e. The lowest BCUT2D eigenvalue weighted by molar-refractivity contribution is -0.144. The molecule has 3 saturated heterocycles. The number of hydrogen-bond donors (Lipinski definition) is 2. The molecule has 2 N–H and O–H groups in total. The fourth-order valence-electron chi connectivity index (χ4n) is 7.73. The monoisotopic (exact) mass is 592 g/mol. The molecule has 3 aliphatic heterocycles. The number of piperidine rings is 1. The molecule has 44 heavy (non-hydrogen) atoms. The molecule has 0 saturated carbocycles. The van der Waals surface area contributed by atoms with Gasteiger partial charge in [-0.05, 0) is 78.0 Å². The molecule has 3 aromatic rings. The summed E-state index contributed by atoms with van der Waals surface area (Å²) in [7, 11) is -1.24. The Morgan fingerprint density at radius 1 is 0.886 bits per heavy atom. The van der Waals surface area contributed by atoms with Gasteiger partial charge in [0, 0.05) is 25.7 Å². The molecular formula is C35H37BN2O6. The minimum Gasteiger partial charge on any atom is -0.508 e. The molecule has 8 nitrogen and oxygen atoms in total. The molecule has 0 radical (unpaired) electrons. The van der Waals surface area contributed by atoms with Gasteiger partial charge in [0.05, 0.1) is 17.9 Å². The molecule has 0 unspecified atom stereocenters. The third kappa shape index (κ3) is 5.56. The summed E-state index contributed by atoms with van der Waals surface area (Å²) in [5, 5.41) is 21.5. The smallest absolute Gasteiger partial charge is 0.487 e. The number of carbonyl (C=O) groups is 2. The number of fused-ring (bicyclic) bond motifs is 3. The van der Waals surface area contributed by atoms with Gasteiger partial charge in [0.1, 0.15) is 18.1 Å². The molecule has 4 aliphatic rings. The largest absolute Gasteiger partial charge is 0.508 e. The van der Waals surface area contributed by atoms with E-state index < -0.39 is 25.1 Å². The van der Waals surface area contributed by atoms with Crippen molar-refractivity contribution in [3.05, 3.63) is 107 Å². The lowest BCUT2D eigenvalue weighted by Gasteiger charge is -2.42. The Kier molecular flexibility index (Phi) is 8.01. The number of likely N-dealkylation sites (tertiary alicyclic amines) is 2. The third-order valence-electron chi connectivity index (χ3n) is 9.81. The van der Waals surface area contributed by atoms with Crippen molar-refractivity contribution in [3.8, 4) is 11.5 Å². The summed E-state index contributed by atoms with van der Waals surface area (Å²) in [6, 6.07) is 26.5. The van der Waals surface area contributed by atoms with Gasteiger partial charge in [-0.2, -0.15) is 0 Å². The Morgan fingerprint density at radius 3 is 2.34 bits per heavy atom. The average Bonchev–Trinajstić information content (AvgIpc) is 3.30. The molecular weight excluding hydrogens is 555 g/mol. The number of hydrogen-bond acceptors (Lipinski definition) is 7. The van der Waals surface area contributed by atoms with Crippen LogP contribution in [0.1, 0.15) is 42.9 Å². The number of phenols is 1. The quantitative estimate of drug-likeness (QED) is 0.307. The number of rotatable bonds is 7. The molecule has 2 amide bonds. The number of aromatic hydroxyl groups is 1. The molecule has 226 valence electrons. The van der Waals surface area contributed by atoms with Crippen molar-refractivity contribution >= 4 is 18.9 Å². The van der Waals surface area contributed by atoms with E-state index in [1.165, 1.54) is 5.56 Å². The Labute approximate surface area is 258 Å². The summed E-state index contributed by atoms with van der Waals surface area (Å²) in [6.07, 6.45) is 1.74. The van der Waals surface area contributed by atoms with Crippen LogP contribution in [0.2, 0.25) is 0 Å². The van der Waals surface area contributed by atoms with E-state index in [4.69, 9.17) is 9.39 Å². The van der Waals surface area contributed by atoms with E-state index in [9.17, 15) is 19.7 Å². The van der Waals surface area contributed by atoms with Crippen molar-refractivity contribution in [3.63, 3.8) is 0 Å². The Morgan fingerprint density at radius 2 is 1.61 bits per heavy atom. The van der Waals surface area contributed by atoms with Gasteiger partial charge in [-0.25, -0.2) is 0 Å². The molecule has 4 atom stereocenters. The van der Waals surface area contributed by atoms with Crippen molar-refractivity contribution < 1.29 is 29.1 Å². The number of carbonyl (C=O) groups excluding carboxylic acids is 2. The van der Waals surface area contributed by atoms with Gasteiger partial charge >= 0.3 is 7.12 Å². The fourth-order valence-corrected chi connectivity index (χ4v) is 7.73. The van der Waals surface area contributed by atoms with E-state index in [0.717, 1.165) is 43.6 Å². The second-order valence-electron chi connectivity index (χ2n) is 12.5. The Balaban J connectivity index is 1.14. The van der Waals surface area contributed by atoms with Crippen LogP contribution in [0.4, 0.5) is 0 Å². The lowest BCUT2D eigenvalue weighted by atomic mass is 9.55. The van der Waals surface area contributed by atoms with Crippen molar-refractivity contribution in [1.82, 2.24) is 9.80 Å². The van der Waals surface area contributed by atoms with Crippen LogP contribution in [0, 0.1) is 17.8 Å². The van der Waals surface area contributed by atoms with Crippen LogP contribution in [-0.4, -0.2) is 64.6 Å². The Hall–Kier alpha value is -3.92. The van der Waals surface area contributed by atoms with Crippen molar-refractivity contribution in [2.45, 2.75) is 44.4 Å². The van der Waals surface area contributed by atoms with Crippen LogP contribution in [0.15, 0.2) is 96.0 Å². The van der Waals surface area contributed by atoms with Crippen LogP contribution < -0.4 is 4.74 Å². The maximum atomic E-state index is 14.2. The standard InChI is InChI=1S/C35H37BN2O6/c39-27-11-7-10-24(18-27)31-20-29-32-30(19-25(33(29)36(42)44-31)22-43-28-12-5-2-6-13-28)34(40)38(35(32)41)26-14-16-37(17-15-26)21-23-8-3-1-4-9-23/h1-13,18,26,29-32,39,42H,14-17,19-22H2/t29-,30-,31-,32+/m0/s1. The number of imide groups is 1. The first-order valence-electron chi connectivity index (χ1n) is 15.6. The zero-order chi connectivity index (χ0) is 30.2. The minimum atomic E-state index is -1.24. The highest BCUT2D eigenvalue weighted by atomic mass is 16.5. The van der Waals surface area contributed by atoms with E-state index >= 15 is 0 Å². The topological polar surface area (TPSA) is 99.5 Å². The highest BCUT2D eigenvalue weighted by Crippen LogP contribution is 2.52. The lowest BCUT2D eigenvalue weighted by Crippen LogP contribution is -2.48. The molecule has 3 fully saturated rings. The predicted octanol–water partition coefficient (Wildman–Crippen LogP) is 4.53. The number of benzene rings is 3. The molecule has 7 rings (SSSR count). The molecule has 0 bridgehead atoms. The van der Waals surface area contributed by atoms with Crippen LogP contribution in [0.25, 0.3) is 0 Å². The number of nitrogens with zero attached hydrogens (tertiary/aromatic N) is 2. The van der Waals surface area contributed by atoms with Gasteiger partial charge < -0.3 is 19.5 Å². The average molecular weight is 593 g/mol. The molecule has 3 heterocycles. The van der Waals surface area contributed by atoms with Crippen LogP contribution in [-0.2, 0) is 20.8 Å². The van der Waals surface area contributed by atoms with Crippen LogP contribution in [0.5, 0.6) is 11.5 Å². The van der Waals surface area contributed by atoms with Crippen molar-refractivity contribution in [2.75, 3.05) is 19.7 Å². The van der Waals surface area contributed by atoms with Gasteiger partial charge in [0.25, 0.3) is 0 Å². The van der Waals surface area contributed by atoms with E-state index in [1.807, 2.05) is 54.6 Å². The van der Waals surface area contributed by atoms with Gasteiger partial charge in [-0.1, -0.05) is 60.7 Å². The fraction of sp³-hybridized carbons (Fsp3) is 0.371. The summed E-state index contributed by atoms with van der Waals surface area (Å²) >= 11 is 0. The number of allylic oxidation sites excluding steroid dienone is 1. The van der Waals surface area contributed by atoms with E-state index in [1.54, 1.807) is 23.1 Å². The minimum absolute atomic E-state index is 0.104. The summed E-state index contributed by atoms with van der Waals surface area (Å²) in [4.78, 5) is 32.3. The highest BCUT2D eigenvalue weighted by Gasteiger charge is 2.59. The highest BCUT2D eigenvalue weighted by molar-refractivity contribution is 6.53. The van der Waals surface area contributed by atoms with Gasteiger partial charge in [0.15, 0.2) is 0 Å². The SMILES string of the molecule is O=C1[C@H]2[C@H](CC(COc3ccccc3)=C3B(O)O[C@H](c4cccc(O)c4)C[C@H]32)C(=O)N1C1CCN(Cc2ccccc2)CC1. The normalized spacial score (nSPS) is 26.1. The second-order valence-corrected chi connectivity index (χ2v) is 12.5. The zero-order valence-corrected chi connectivity index (χ0v) is 24.6. The first-order chi connectivity index (χ1) is 21.5.